The topological polar surface area (TPSA) is 47.0 Å². The number of fused-ring (bicyclic) bond motifs is 1. The van der Waals surface area contributed by atoms with Crippen molar-refractivity contribution in [2.24, 2.45) is 0 Å². The second kappa shape index (κ2) is 4.81. The lowest BCUT2D eigenvalue weighted by Gasteiger charge is -2.22. The van der Waals surface area contributed by atoms with Crippen LogP contribution in [0.3, 0.4) is 0 Å². The minimum Gasteiger partial charge on any atom is -0.376 e. The van der Waals surface area contributed by atoms with Crippen molar-refractivity contribution in [3.63, 3.8) is 0 Å². The highest BCUT2D eigenvalue weighted by Crippen LogP contribution is 2.52. The van der Waals surface area contributed by atoms with E-state index < -0.39 is 0 Å². The maximum atomic E-state index is 5.54. The lowest BCUT2D eigenvalue weighted by molar-refractivity contribution is 0.109. The summed E-state index contributed by atoms with van der Waals surface area (Å²) in [6, 6.07) is 10.6. The van der Waals surface area contributed by atoms with E-state index in [2.05, 4.69) is 35.6 Å². The Morgan fingerprint density at radius 2 is 1.95 bits per heavy atom. The van der Waals surface area contributed by atoms with Gasteiger partial charge in [-0.1, -0.05) is 30.3 Å². The van der Waals surface area contributed by atoms with Crippen LogP contribution in [-0.4, -0.2) is 23.6 Å². The highest BCUT2D eigenvalue weighted by molar-refractivity contribution is 5.50. The normalized spacial score (nSPS) is 18.9. The molecule has 0 spiro atoms. The third-order valence-electron chi connectivity index (χ3n) is 4.56. The largest absolute Gasteiger partial charge is 0.376 e. The van der Waals surface area contributed by atoms with Crippen LogP contribution >= 0.6 is 0 Å². The number of benzene rings is 1. The molecule has 1 N–H and O–H groups in total. The zero-order valence-corrected chi connectivity index (χ0v) is 12.2. The summed E-state index contributed by atoms with van der Waals surface area (Å²) in [7, 11) is 1.92. The van der Waals surface area contributed by atoms with Gasteiger partial charge in [-0.3, -0.25) is 0 Å². The summed E-state index contributed by atoms with van der Waals surface area (Å²) in [6.45, 7) is 1.37. The van der Waals surface area contributed by atoms with Crippen LogP contribution < -0.4 is 5.32 Å². The molecule has 4 heteroatoms. The van der Waals surface area contributed by atoms with E-state index in [0.29, 0.717) is 6.61 Å². The molecule has 2 aromatic rings. The van der Waals surface area contributed by atoms with Gasteiger partial charge in [-0.2, -0.15) is 0 Å². The summed E-state index contributed by atoms with van der Waals surface area (Å²) in [4.78, 5) is 9.71. The second-order valence-electron chi connectivity index (χ2n) is 5.82. The standard InChI is InChI=1S/C17H19N3O/c1-18-15-13-11-21-10-7-14(13)19-16(20-15)17(8-9-17)12-5-3-2-4-6-12/h2-6H,7-11H2,1H3,(H,18,19,20). The molecule has 1 aromatic heterocycles. The molecule has 21 heavy (non-hydrogen) atoms. The molecule has 1 aromatic carbocycles. The van der Waals surface area contributed by atoms with Gasteiger partial charge in [-0.15, -0.1) is 0 Å². The minimum absolute atomic E-state index is 0.0280. The Morgan fingerprint density at radius 3 is 2.67 bits per heavy atom. The zero-order valence-electron chi connectivity index (χ0n) is 12.2. The quantitative estimate of drug-likeness (QED) is 0.939. The monoisotopic (exact) mass is 281 g/mol. The fourth-order valence-electron chi connectivity index (χ4n) is 3.18. The van der Waals surface area contributed by atoms with Crippen LogP contribution in [0.2, 0.25) is 0 Å². The van der Waals surface area contributed by atoms with Gasteiger partial charge in [0, 0.05) is 19.0 Å². The lowest BCUT2D eigenvalue weighted by Crippen LogP contribution is -2.21. The van der Waals surface area contributed by atoms with Gasteiger partial charge >= 0.3 is 0 Å². The van der Waals surface area contributed by atoms with Gasteiger partial charge in [0.05, 0.1) is 24.3 Å². The maximum absolute atomic E-state index is 5.54. The van der Waals surface area contributed by atoms with E-state index in [-0.39, 0.29) is 5.41 Å². The Hall–Kier alpha value is -1.94. The Balaban J connectivity index is 1.82. The summed E-state index contributed by atoms with van der Waals surface area (Å²) >= 11 is 0. The van der Waals surface area contributed by atoms with Crippen LogP contribution in [0.15, 0.2) is 30.3 Å². The first-order chi connectivity index (χ1) is 10.3. The number of nitrogens with one attached hydrogen (secondary N) is 1. The molecule has 0 bridgehead atoms. The third-order valence-corrected chi connectivity index (χ3v) is 4.56. The minimum atomic E-state index is 0.0280. The van der Waals surface area contributed by atoms with E-state index in [1.807, 2.05) is 7.05 Å². The summed E-state index contributed by atoms with van der Waals surface area (Å²) in [5.41, 5.74) is 3.63. The smallest absolute Gasteiger partial charge is 0.141 e. The van der Waals surface area contributed by atoms with Gasteiger partial charge in [0.15, 0.2) is 0 Å². The molecule has 1 fully saturated rings. The van der Waals surface area contributed by atoms with Crippen LogP contribution in [0, 0.1) is 0 Å². The van der Waals surface area contributed by atoms with Gasteiger partial charge in [0.25, 0.3) is 0 Å². The van der Waals surface area contributed by atoms with E-state index in [1.54, 1.807) is 0 Å². The number of ether oxygens (including phenoxy) is 1. The Kier molecular flexibility index (Phi) is 2.93. The molecule has 0 amide bonds. The first-order valence-electron chi connectivity index (χ1n) is 7.55. The fourth-order valence-corrected chi connectivity index (χ4v) is 3.18. The SMILES string of the molecule is CNc1nc(C2(c3ccccc3)CC2)nc2c1COCC2. The zero-order chi connectivity index (χ0) is 14.3. The Morgan fingerprint density at radius 1 is 1.14 bits per heavy atom. The summed E-state index contributed by atoms with van der Waals surface area (Å²) in [5.74, 6) is 1.90. The van der Waals surface area contributed by atoms with Crippen molar-refractivity contribution in [3.05, 3.63) is 53.0 Å². The van der Waals surface area contributed by atoms with E-state index in [0.717, 1.165) is 48.8 Å². The number of rotatable bonds is 3. The first kappa shape index (κ1) is 12.8. The highest BCUT2D eigenvalue weighted by atomic mass is 16.5. The van der Waals surface area contributed by atoms with Gasteiger partial charge in [-0.05, 0) is 18.4 Å². The van der Waals surface area contributed by atoms with Crippen molar-refractivity contribution in [1.82, 2.24) is 9.97 Å². The van der Waals surface area contributed by atoms with E-state index in [1.165, 1.54) is 5.56 Å². The predicted molar refractivity (Wildman–Crippen MR) is 81.4 cm³/mol. The number of anilines is 1. The van der Waals surface area contributed by atoms with E-state index >= 15 is 0 Å². The average molecular weight is 281 g/mol. The van der Waals surface area contributed by atoms with Gasteiger partial charge in [-0.25, -0.2) is 9.97 Å². The molecule has 0 saturated heterocycles. The Labute approximate surface area is 124 Å². The summed E-state index contributed by atoms with van der Waals surface area (Å²) in [5, 5.41) is 3.22. The number of nitrogens with zero attached hydrogens (tertiary/aromatic N) is 2. The molecule has 2 aliphatic rings. The molecule has 0 radical (unpaired) electrons. The van der Waals surface area contributed by atoms with Crippen LogP contribution in [0.5, 0.6) is 0 Å². The van der Waals surface area contributed by atoms with Gasteiger partial charge in [0.2, 0.25) is 0 Å². The fraction of sp³-hybridized carbons (Fsp3) is 0.412. The molecule has 1 aliphatic carbocycles. The van der Waals surface area contributed by atoms with E-state index in [9.17, 15) is 0 Å². The molecule has 2 heterocycles. The molecule has 1 saturated carbocycles. The van der Waals surface area contributed by atoms with Crippen LogP contribution in [0.4, 0.5) is 5.82 Å². The molecule has 1 aliphatic heterocycles. The predicted octanol–water partition coefficient (Wildman–Crippen LogP) is 2.67. The molecule has 4 nitrogen and oxygen atoms in total. The van der Waals surface area contributed by atoms with Crippen LogP contribution in [0.1, 0.15) is 35.5 Å². The highest BCUT2D eigenvalue weighted by Gasteiger charge is 2.49. The molecule has 0 unspecified atom stereocenters. The lowest BCUT2D eigenvalue weighted by atomic mass is 9.94. The van der Waals surface area contributed by atoms with Crippen molar-refractivity contribution in [3.8, 4) is 0 Å². The van der Waals surface area contributed by atoms with Crippen molar-refractivity contribution in [2.75, 3.05) is 19.0 Å². The van der Waals surface area contributed by atoms with E-state index in [4.69, 9.17) is 14.7 Å². The third kappa shape index (κ3) is 2.02. The molecular formula is C17H19N3O. The van der Waals surface area contributed by atoms with Crippen LogP contribution in [-0.2, 0) is 23.2 Å². The first-order valence-corrected chi connectivity index (χ1v) is 7.55. The summed E-state index contributed by atoms with van der Waals surface area (Å²) < 4.78 is 5.54. The Bertz CT molecular complexity index is 648. The molecule has 0 atom stereocenters. The number of aromatic nitrogens is 2. The average Bonchev–Trinajstić information content (AvgIpc) is 3.36. The van der Waals surface area contributed by atoms with Gasteiger partial charge < -0.3 is 10.1 Å². The summed E-state index contributed by atoms with van der Waals surface area (Å²) in [6.07, 6.45) is 3.15. The second-order valence-corrected chi connectivity index (χ2v) is 5.82. The number of hydrogen-bond acceptors (Lipinski definition) is 4. The molecule has 4 rings (SSSR count). The van der Waals surface area contributed by atoms with Crippen molar-refractivity contribution >= 4 is 5.82 Å². The number of hydrogen-bond donors (Lipinski definition) is 1. The maximum Gasteiger partial charge on any atom is 0.141 e. The van der Waals surface area contributed by atoms with Crippen LogP contribution in [0.25, 0.3) is 0 Å². The molecular weight excluding hydrogens is 262 g/mol. The van der Waals surface area contributed by atoms with Crippen molar-refractivity contribution in [2.45, 2.75) is 31.3 Å². The van der Waals surface area contributed by atoms with Crippen molar-refractivity contribution in [1.29, 1.82) is 0 Å². The van der Waals surface area contributed by atoms with Crippen molar-refractivity contribution < 1.29 is 4.74 Å². The molecule has 108 valence electrons. The van der Waals surface area contributed by atoms with Gasteiger partial charge in [0.1, 0.15) is 11.6 Å².